The van der Waals surface area contributed by atoms with Gasteiger partial charge in [-0.25, -0.2) is 4.39 Å². The highest BCUT2D eigenvalue weighted by molar-refractivity contribution is 6.30. The van der Waals surface area contributed by atoms with Crippen molar-refractivity contribution in [2.75, 3.05) is 0 Å². The number of rotatable bonds is 4. The SMILES string of the molecule is CCn1nc(C)cc1C(N)Cc1cccc(Cl)c1F. The van der Waals surface area contributed by atoms with Gasteiger partial charge in [-0.15, -0.1) is 0 Å². The van der Waals surface area contributed by atoms with Crippen LogP contribution in [0.2, 0.25) is 5.02 Å². The Morgan fingerprint density at radius 1 is 1.47 bits per heavy atom. The molecule has 19 heavy (non-hydrogen) atoms. The predicted octanol–water partition coefficient (Wildman–Crippen LogP) is 3.25. The van der Waals surface area contributed by atoms with Gasteiger partial charge >= 0.3 is 0 Å². The molecular weight excluding hydrogens is 265 g/mol. The second kappa shape index (κ2) is 5.72. The topological polar surface area (TPSA) is 43.8 Å². The number of hydrogen-bond donors (Lipinski definition) is 1. The standard InChI is InChI=1S/C14H17ClFN3/c1-3-19-13(7-9(2)18-19)12(17)8-10-5-4-6-11(15)14(10)16/h4-7,12H,3,8,17H2,1-2H3. The fourth-order valence-corrected chi connectivity index (χ4v) is 2.36. The van der Waals surface area contributed by atoms with Gasteiger partial charge in [0.25, 0.3) is 0 Å². The van der Waals surface area contributed by atoms with Gasteiger partial charge in [0, 0.05) is 6.54 Å². The van der Waals surface area contributed by atoms with E-state index in [1.54, 1.807) is 12.1 Å². The molecule has 0 aliphatic heterocycles. The number of benzene rings is 1. The maximum atomic E-state index is 13.9. The lowest BCUT2D eigenvalue weighted by atomic mass is 10.0. The van der Waals surface area contributed by atoms with Gasteiger partial charge in [0.2, 0.25) is 0 Å². The van der Waals surface area contributed by atoms with Crippen LogP contribution in [0, 0.1) is 12.7 Å². The third kappa shape index (κ3) is 2.96. The van der Waals surface area contributed by atoms with E-state index < -0.39 is 0 Å². The van der Waals surface area contributed by atoms with Crippen LogP contribution < -0.4 is 5.73 Å². The highest BCUT2D eigenvalue weighted by atomic mass is 35.5. The second-order valence-electron chi connectivity index (χ2n) is 4.55. The highest BCUT2D eigenvalue weighted by Crippen LogP contribution is 2.23. The summed E-state index contributed by atoms with van der Waals surface area (Å²) in [6, 6.07) is 6.62. The van der Waals surface area contributed by atoms with Crippen molar-refractivity contribution in [3.05, 3.63) is 52.1 Å². The molecule has 2 N–H and O–H groups in total. The lowest BCUT2D eigenvalue weighted by Crippen LogP contribution is -2.18. The third-order valence-electron chi connectivity index (χ3n) is 3.08. The van der Waals surface area contributed by atoms with Gasteiger partial charge in [0.15, 0.2) is 0 Å². The summed E-state index contributed by atoms with van der Waals surface area (Å²) in [4.78, 5) is 0. The highest BCUT2D eigenvalue weighted by Gasteiger charge is 2.16. The minimum absolute atomic E-state index is 0.130. The maximum absolute atomic E-state index is 13.9. The van der Waals surface area contributed by atoms with E-state index >= 15 is 0 Å². The van der Waals surface area contributed by atoms with Gasteiger partial charge in [-0.05, 0) is 38.0 Å². The van der Waals surface area contributed by atoms with Crippen LogP contribution in [0.25, 0.3) is 0 Å². The van der Waals surface area contributed by atoms with Crippen molar-refractivity contribution in [1.82, 2.24) is 9.78 Å². The van der Waals surface area contributed by atoms with Crippen molar-refractivity contribution in [3.63, 3.8) is 0 Å². The second-order valence-corrected chi connectivity index (χ2v) is 4.96. The maximum Gasteiger partial charge on any atom is 0.145 e. The van der Waals surface area contributed by atoms with Crippen molar-refractivity contribution in [3.8, 4) is 0 Å². The van der Waals surface area contributed by atoms with Crippen molar-refractivity contribution in [1.29, 1.82) is 0 Å². The van der Waals surface area contributed by atoms with Crippen LogP contribution in [0.3, 0.4) is 0 Å². The third-order valence-corrected chi connectivity index (χ3v) is 3.38. The molecule has 0 amide bonds. The average molecular weight is 282 g/mol. The monoisotopic (exact) mass is 281 g/mol. The van der Waals surface area contributed by atoms with Crippen molar-refractivity contribution in [2.24, 2.45) is 5.73 Å². The van der Waals surface area contributed by atoms with Crippen LogP contribution in [0.15, 0.2) is 24.3 Å². The van der Waals surface area contributed by atoms with E-state index in [-0.39, 0.29) is 16.9 Å². The van der Waals surface area contributed by atoms with Crippen LogP contribution in [-0.4, -0.2) is 9.78 Å². The van der Waals surface area contributed by atoms with Crippen LogP contribution in [0.4, 0.5) is 4.39 Å². The average Bonchev–Trinajstić information content (AvgIpc) is 2.76. The zero-order valence-corrected chi connectivity index (χ0v) is 11.8. The molecule has 2 aromatic rings. The molecule has 2 rings (SSSR count). The first kappa shape index (κ1) is 14.0. The number of aryl methyl sites for hydroxylation is 2. The molecule has 1 unspecified atom stereocenters. The van der Waals surface area contributed by atoms with E-state index in [0.29, 0.717) is 12.0 Å². The Balaban J connectivity index is 2.25. The first-order valence-electron chi connectivity index (χ1n) is 6.25. The molecule has 0 aliphatic rings. The minimum Gasteiger partial charge on any atom is -0.322 e. The summed E-state index contributed by atoms with van der Waals surface area (Å²) in [7, 11) is 0. The Hall–Kier alpha value is -1.39. The number of halogens is 2. The largest absolute Gasteiger partial charge is 0.322 e. The first-order chi connectivity index (χ1) is 9.02. The zero-order chi connectivity index (χ0) is 14.0. The molecule has 0 spiro atoms. The van der Waals surface area contributed by atoms with Crippen molar-refractivity contribution >= 4 is 11.6 Å². The smallest absolute Gasteiger partial charge is 0.145 e. The molecule has 1 aromatic heterocycles. The van der Waals surface area contributed by atoms with Crippen molar-refractivity contribution in [2.45, 2.75) is 32.9 Å². The normalized spacial score (nSPS) is 12.7. The van der Waals surface area contributed by atoms with E-state index in [4.69, 9.17) is 17.3 Å². The molecule has 1 aromatic carbocycles. The molecule has 0 radical (unpaired) electrons. The molecule has 1 atom stereocenters. The quantitative estimate of drug-likeness (QED) is 0.935. The Morgan fingerprint density at radius 2 is 2.21 bits per heavy atom. The predicted molar refractivity (Wildman–Crippen MR) is 74.7 cm³/mol. The van der Waals surface area contributed by atoms with Gasteiger partial charge in [-0.3, -0.25) is 4.68 Å². The summed E-state index contributed by atoms with van der Waals surface area (Å²) < 4.78 is 15.7. The Kier molecular flexibility index (Phi) is 4.22. The zero-order valence-electron chi connectivity index (χ0n) is 11.0. The molecule has 0 saturated carbocycles. The summed E-state index contributed by atoms with van der Waals surface area (Å²) in [5.74, 6) is -0.390. The fraction of sp³-hybridized carbons (Fsp3) is 0.357. The number of nitrogens with two attached hydrogens (primary N) is 1. The number of aromatic nitrogens is 2. The molecule has 0 aliphatic carbocycles. The van der Waals surface area contributed by atoms with E-state index in [1.165, 1.54) is 6.07 Å². The number of nitrogens with zero attached hydrogens (tertiary/aromatic N) is 2. The molecule has 0 bridgehead atoms. The van der Waals surface area contributed by atoms with E-state index in [9.17, 15) is 4.39 Å². The molecule has 102 valence electrons. The Morgan fingerprint density at radius 3 is 2.89 bits per heavy atom. The Labute approximate surface area is 117 Å². The fourth-order valence-electron chi connectivity index (χ4n) is 2.16. The van der Waals surface area contributed by atoms with Crippen LogP contribution in [0.5, 0.6) is 0 Å². The lowest BCUT2D eigenvalue weighted by Gasteiger charge is -2.14. The summed E-state index contributed by atoms with van der Waals surface area (Å²) >= 11 is 5.77. The van der Waals surface area contributed by atoms with E-state index in [0.717, 1.165) is 17.9 Å². The number of hydrogen-bond acceptors (Lipinski definition) is 2. The van der Waals surface area contributed by atoms with Crippen LogP contribution in [0.1, 0.15) is 29.9 Å². The molecule has 0 fully saturated rings. The summed E-state index contributed by atoms with van der Waals surface area (Å²) in [5.41, 5.74) is 8.53. The summed E-state index contributed by atoms with van der Waals surface area (Å²) in [5, 5.41) is 4.48. The Bertz CT molecular complexity index is 580. The van der Waals surface area contributed by atoms with Crippen LogP contribution >= 0.6 is 11.6 Å². The lowest BCUT2D eigenvalue weighted by molar-refractivity contribution is 0.550. The van der Waals surface area contributed by atoms with Crippen LogP contribution in [-0.2, 0) is 13.0 Å². The minimum atomic E-state index is -0.390. The summed E-state index contributed by atoms with van der Waals surface area (Å²) in [6.45, 7) is 4.67. The van der Waals surface area contributed by atoms with Gasteiger partial charge in [-0.2, -0.15) is 5.10 Å². The molecule has 1 heterocycles. The van der Waals surface area contributed by atoms with E-state index in [1.807, 2.05) is 24.6 Å². The molecular formula is C14H17ClFN3. The molecule has 5 heteroatoms. The van der Waals surface area contributed by atoms with Gasteiger partial charge < -0.3 is 5.73 Å². The van der Waals surface area contributed by atoms with Gasteiger partial charge in [-0.1, -0.05) is 23.7 Å². The van der Waals surface area contributed by atoms with E-state index in [2.05, 4.69) is 5.10 Å². The van der Waals surface area contributed by atoms with Gasteiger partial charge in [0.05, 0.1) is 22.5 Å². The summed E-state index contributed by atoms with van der Waals surface area (Å²) in [6.07, 6.45) is 0.400. The first-order valence-corrected chi connectivity index (χ1v) is 6.63. The van der Waals surface area contributed by atoms with Gasteiger partial charge in [0.1, 0.15) is 5.82 Å². The van der Waals surface area contributed by atoms with Crippen molar-refractivity contribution < 1.29 is 4.39 Å². The molecule has 0 saturated heterocycles. The molecule has 3 nitrogen and oxygen atoms in total.